The quantitative estimate of drug-likeness (QED) is 0.0349. The largest absolute Gasteiger partial charge is 0.508 e. The molecule has 5 amide bonds. The Balaban J connectivity index is 0.000000119. The van der Waals surface area contributed by atoms with E-state index < -0.39 is 14.2 Å². The molecule has 0 bridgehead atoms. The van der Waals surface area contributed by atoms with Gasteiger partial charge in [-0.1, -0.05) is 257 Å². The van der Waals surface area contributed by atoms with Crippen LogP contribution in [0.2, 0.25) is 0 Å². The van der Waals surface area contributed by atoms with Crippen molar-refractivity contribution in [2.75, 3.05) is 46.9 Å². The first kappa shape index (κ1) is 91.6. The highest BCUT2D eigenvalue weighted by molar-refractivity contribution is 6.59. The number of nitrogens with zero attached hydrogens (tertiary/aromatic N) is 10. The fourth-order valence-electron chi connectivity index (χ4n) is 21.0. The number of ether oxygens (including phenoxy) is 2. The van der Waals surface area contributed by atoms with Crippen molar-refractivity contribution >= 4 is 54.7 Å². The molecule has 10 aromatic rings. The highest BCUT2D eigenvalue weighted by Crippen LogP contribution is 2.47. The van der Waals surface area contributed by atoms with Crippen LogP contribution >= 0.6 is 0 Å². The summed E-state index contributed by atoms with van der Waals surface area (Å²) in [5.41, 5.74) is 12.4. The van der Waals surface area contributed by atoms with Crippen LogP contribution in [0.15, 0.2) is 255 Å². The molecular weight excluding hydrogens is 1630 g/mol. The molecule has 10 fully saturated rings. The van der Waals surface area contributed by atoms with Crippen LogP contribution in [-0.4, -0.2) is 212 Å². The zero-order chi connectivity index (χ0) is 90.5. The third-order valence-corrected chi connectivity index (χ3v) is 27.5. The minimum atomic E-state index is -1.47. The number of piperidine rings is 5. The standard InChI is InChI=1S/C22H26N2O2.2C21H24N2O3.2C20H23BN2O3/c1-16-10-11-18(13-20(16)25)14-21-23-12-6-5-9-19(23)22(26)24(21)15-17-7-3-2-4-8-17;2*1-26-19-11-10-16(13-18(19)24)20-22-12-6-5-9-17(22)21(25)23(20)14-15-7-3-2-4-8-15;2*24-20-18-8-4-5-13-22(18)19(16-9-11-17(12-10-16)21(25)26)23(20)14-15-6-2-1-3-7-15/h2-4,7-8,10-11,13,19,21,25H,5-6,9,12,14-15H2,1H3;2*2-4,7-8,10-11,13,17,20,24H,5-6,9,12,14H2,1H3;2*1-3,6-7,9-12,18-19,25-26H,4-5,8,13-14H2/t19?,21-;2*17?,20-;2*18?,19-/m01010/s1. The van der Waals surface area contributed by atoms with Gasteiger partial charge >= 0.3 is 14.2 Å². The minimum absolute atomic E-state index is 0.0245. The van der Waals surface area contributed by atoms with E-state index in [1.165, 1.54) is 14.2 Å². The van der Waals surface area contributed by atoms with E-state index >= 15 is 0 Å². The van der Waals surface area contributed by atoms with Gasteiger partial charge in [-0.2, -0.15) is 0 Å². The molecule has 10 aliphatic heterocycles. The number of aryl methyl sites for hydroxylation is 1. The average Bonchev–Trinajstić information content (AvgIpc) is 1.60. The molecule has 7 N–H and O–H groups in total. The summed E-state index contributed by atoms with van der Waals surface area (Å²) in [5.74, 6) is 2.48. The van der Waals surface area contributed by atoms with Crippen LogP contribution in [0, 0.1) is 6.92 Å². The zero-order valence-corrected chi connectivity index (χ0v) is 74.5. The molecule has 0 spiro atoms. The van der Waals surface area contributed by atoms with Gasteiger partial charge in [0, 0.05) is 71.9 Å². The summed E-state index contributed by atoms with van der Waals surface area (Å²) < 4.78 is 10.3. The predicted octanol–water partition coefficient (Wildman–Crippen LogP) is 12.6. The second-order valence-electron chi connectivity index (χ2n) is 35.7. The summed E-state index contributed by atoms with van der Waals surface area (Å²) in [6.07, 6.45) is 16.0. The highest BCUT2D eigenvalue weighted by atomic mass is 16.5. The van der Waals surface area contributed by atoms with Gasteiger partial charge in [0.15, 0.2) is 23.0 Å². The lowest BCUT2D eigenvalue weighted by molar-refractivity contribution is -0.131. The van der Waals surface area contributed by atoms with E-state index in [1.54, 1.807) is 48.5 Å². The molecule has 20 rings (SSSR count). The van der Waals surface area contributed by atoms with Gasteiger partial charge in [0.1, 0.15) is 30.4 Å². The van der Waals surface area contributed by atoms with Crippen LogP contribution in [0.4, 0.5) is 0 Å². The first-order valence-electron chi connectivity index (χ1n) is 46.3. The molecular formula is C104H120B2N10O14. The fraction of sp³-hybridized carbons (Fsp3) is 0.375. The molecule has 10 saturated heterocycles. The molecule has 0 saturated carbocycles. The van der Waals surface area contributed by atoms with E-state index in [0.29, 0.717) is 60.9 Å². The Morgan fingerprint density at radius 2 is 0.562 bits per heavy atom. The number of amides is 5. The van der Waals surface area contributed by atoms with Crippen LogP contribution in [0.25, 0.3) is 0 Å². The number of aromatic hydroxyl groups is 3. The Kier molecular flexibility index (Phi) is 29.9. The molecule has 676 valence electrons. The molecule has 10 atom stereocenters. The van der Waals surface area contributed by atoms with Crippen molar-refractivity contribution in [3.63, 3.8) is 0 Å². The van der Waals surface area contributed by atoms with E-state index in [-0.39, 0.29) is 102 Å². The van der Waals surface area contributed by atoms with Crippen LogP contribution in [0.5, 0.6) is 28.7 Å². The smallest absolute Gasteiger partial charge is 0.488 e. The highest BCUT2D eigenvalue weighted by Gasteiger charge is 2.53. The van der Waals surface area contributed by atoms with E-state index in [9.17, 15) is 59.4 Å². The number of rotatable bonds is 20. The topological polar surface area (TPSA) is 278 Å². The summed E-state index contributed by atoms with van der Waals surface area (Å²) in [7, 11) is 0.127. The first-order valence-corrected chi connectivity index (χ1v) is 46.3. The van der Waals surface area contributed by atoms with Crippen molar-refractivity contribution in [3.8, 4) is 28.7 Å². The van der Waals surface area contributed by atoms with Crippen LogP contribution in [0.3, 0.4) is 0 Å². The number of hydrogen-bond donors (Lipinski definition) is 7. The van der Waals surface area contributed by atoms with Gasteiger partial charge in [-0.25, -0.2) is 0 Å². The van der Waals surface area contributed by atoms with E-state index in [0.717, 1.165) is 197 Å². The molecule has 26 heteroatoms. The number of phenolic OH excluding ortho intramolecular Hbond substituents is 3. The second-order valence-corrected chi connectivity index (χ2v) is 35.7. The minimum Gasteiger partial charge on any atom is -0.508 e. The van der Waals surface area contributed by atoms with Crippen LogP contribution in [-0.2, 0) is 63.1 Å². The van der Waals surface area contributed by atoms with Crippen molar-refractivity contribution in [1.29, 1.82) is 0 Å². The Labute approximate surface area is 763 Å². The van der Waals surface area contributed by atoms with Gasteiger partial charge in [-0.05, 0) is 174 Å². The Morgan fingerprint density at radius 3 is 0.846 bits per heavy atom. The normalized spacial score (nSPS) is 23.2. The number of hydrogen-bond acceptors (Lipinski definition) is 19. The lowest BCUT2D eigenvalue weighted by Crippen LogP contribution is -2.44. The fourth-order valence-corrected chi connectivity index (χ4v) is 21.0. The third kappa shape index (κ3) is 20.6. The molecule has 0 aliphatic carbocycles. The Hall–Kier alpha value is -11.7. The van der Waals surface area contributed by atoms with Gasteiger partial charge in [-0.15, -0.1) is 0 Å². The molecule has 0 aromatic heterocycles. The van der Waals surface area contributed by atoms with Gasteiger partial charge in [0.05, 0.1) is 50.6 Å². The lowest BCUT2D eigenvalue weighted by Gasteiger charge is -2.34. The number of carbonyl (C=O) groups is 5. The van der Waals surface area contributed by atoms with Crippen molar-refractivity contribution in [3.05, 3.63) is 316 Å². The van der Waals surface area contributed by atoms with Crippen LogP contribution in [0.1, 0.15) is 182 Å². The second kappa shape index (κ2) is 42.5. The van der Waals surface area contributed by atoms with Crippen molar-refractivity contribution in [2.45, 2.75) is 203 Å². The third-order valence-electron chi connectivity index (χ3n) is 27.5. The van der Waals surface area contributed by atoms with E-state index in [2.05, 4.69) is 42.7 Å². The molecule has 24 nitrogen and oxygen atoms in total. The summed E-state index contributed by atoms with van der Waals surface area (Å²) in [6, 6.07) is 81.6. The number of benzene rings is 10. The van der Waals surface area contributed by atoms with Crippen molar-refractivity contribution in [1.82, 2.24) is 49.0 Å². The molecule has 5 unspecified atom stereocenters. The van der Waals surface area contributed by atoms with Crippen LogP contribution < -0.4 is 20.4 Å². The van der Waals surface area contributed by atoms with Gasteiger partial charge in [0.2, 0.25) is 29.5 Å². The monoisotopic (exact) mass is 1750 g/mol. The zero-order valence-electron chi connectivity index (χ0n) is 74.5. The summed E-state index contributed by atoms with van der Waals surface area (Å²) in [4.78, 5) is 87.0. The van der Waals surface area contributed by atoms with Crippen molar-refractivity contribution in [2.24, 2.45) is 0 Å². The molecule has 0 radical (unpaired) electrons. The maximum atomic E-state index is 13.1. The lowest BCUT2D eigenvalue weighted by atomic mass is 9.80. The Bertz CT molecular complexity index is 5200. The van der Waals surface area contributed by atoms with Gasteiger partial charge < -0.3 is 69.4 Å². The summed E-state index contributed by atoms with van der Waals surface area (Å²) >= 11 is 0. The number of fused-ring (bicyclic) bond motifs is 5. The molecule has 10 heterocycles. The first-order chi connectivity index (χ1) is 63.3. The predicted molar refractivity (Wildman–Crippen MR) is 500 cm³/mol. The molecule has 10 aromatic carbocycles. The van der Waals surface area contributed by atoms with E-state index in [4.69, 9.17) is 9.47 Å². The maximum absolute atomic E-state index is 13.1. The maximum Gasteiger partial charge on any atom is 0.488 e. The van der Waals surface area contributed by atoms with Crippen molar-refractivity contribution < 1.29 is 68.9 Å². The van der Waals surface area contributed by atoms with Gasteiger partial charge in [0.25, 0.3) is 0 Å². The van der Waals surface area contributed by atoms with E-state index in [1.807, 2.05) is 219 Å². The molecule has 130 heavy (non-hydrogen) atoms. The number of phenols is 3. The summed E-state index contributed by atoms with van der Waals surface area (Å²) in [5, 5.41) is 67.9. The van der Waals surface area contributed by atoms with Gasteiger partial charge in [-0.3, -0.25) is 48.5 Å². The number of methoxy groups -OCH3 is 2. The number of carbonyl (C=O) groups excluding carboxylic acids is 5. The summed E-state index contributed by atoms with van der Waals surface area (Å²) in [6.45, 7) is 9.48. The SMILES string of the molecule is COc1ccc([C@@H]2N(Cc3ccccc3)C(=O)C3CCCCN32)cc1O.COc1ccc([C@H]2N(Cc3ccccc3)C(=O)C3CCCCN32)cc1O.Cc1ccc(C[C@@H]2N(Cc3ccccc3)C(=O)C3CCCCN32)cc1O.O=C1C2CCCCN2[C@@H](c2ccc(B(O)O)cc2)N1Cc1ccccc1.O=C1C2CCCCN2[C@H](c2ccc(B(O)O)cc2)N1Cc1ccccc1. The average molecular weight is 1760 g/mol. The Morgan fingerprint density at radius 1 is 0.292 bits per heavy atom. The molecule has 10 aliphatic rings.